The number of amides is 2. The fourth-order valence-corrected chi connectivity index (χ4v) is 2.76. The van der Waals surface area contributed by atoms with Crippen molar-refractivity contribution in [3.63, 3.8) is 0 Å². The Morgan fingerprint density at radius 3 is 2.53 bits per heavy atom. The smallest absolute Gasteiger partial charge is 0.248 e. The second-order valence-electron chi connectivity index (χ2n) is 6.57. The Morgan fingerprint density at radius 1 is 1.32 bits per heavy atom. The quantitative estimate of drug-likeness (QED) is 0.791. The van der Waals surface area contributed by atoms with Gasteiger partial charge < -0.3 is 4.90 Å². The summed E-state index contributed by atoms with van der Waals surface area (Å²) in [6, 6.07) is 0.355. The van der Waals surface area contributed by atoms with Crippen LogP contribution in [0.4, 0.5) is 0 Å². The molecule has 0 bridgehead atoms. The average Bonchev–Trinajstić information content (AvgIpc) is 2.93. The van der Waals surface area contributed by atoms with E-state index in [1.54, 1.807) is 0 Å². The Balaban J connectivity index is 1.86. The van der Waals surface area contributed by atoms with Gasteiger partial charge in [0.15, 0.2) is 0 Å². The molecule has 1 atom stereocenters. The third kappa shape index (κ3) is 3.69. The fourth-order valence-electron chi connectivity index (χ4n) is 2.76. The molecule has 5 nitrogen and oxygen atoms in total. The van der Waals surface area contributed by atoms with E-state index < -0.39 is 5.60 Å². The maximum absolute atomic E-state index is 12.0. The van der Waals surface area contributed by atoms with Crippen molar-refractivity contribution in [2.24, 2.45) is 5.92 Å². The molecule has 0 aromatic rings. The van der Waals surface area contributed by atoms with E-state index in [9.17, 15) is 9.59 Å². The van der Waals surface area contributed by atoms with E-state index in [1.807, 2.05) is 25.7 Å². The van der Waals surface area contributed by atoms with Crippen LogP contribution in [0, 0.1) is 5.92 Å². The van der Waals surface area contributed by atoms with Crippen molar-refractivity contribution in [2.75, 3.05) is 6.54 Å². The van der Waals surface area contributed by atoms with Crippen molar-refractivity contribution >= 4 is 11.8 Å². The number of carbonyl (C=O) groups is 2. The Morgan fingerprint density at radius 2 is 1.95 bits per heavy atom. The van der Waals surface area contributed by atoms with Gasteiger partial charge in [-0.15, -0.1) is 0 Å². The maximum atomic E-state index is 12.0. The molecule has 2 aliphatic rings. The monoisotopic (exact) mass is 268 g/mol. The van der Waals surface area contributed by atoms with E-state index in [-0.39, 0.29) is 17.7 Å². The molecule has 0 aromatic heterocycles. The lowest BCUT2D eigenvalue weighted by Gasteiger charge is -2.24. The van der Waals surface area contributed by atoms with Gasteiger partial charge in [0.1, 0.15) is 0 Å². The van der Waals surface area contributed by atoms with Crippen molar-refractivity contribution in [1.29, 1.82) is 0 Å². The molecule has 2 amide bonds. The van der Waals surface area contributed by atoms with E-state index >= 15 is 0 Å². The molecule has 5 heteroatoms. The second-order valence-corrected chi connectivity index (χ2v) is 6.57. The lowest BCUT2D eigenvalue weighted by Crippen LogP contribution is -2.39. The number of likely N-dealkylation sites (tertiary alicyclic amines) is 1. The minimum Gasteiger partial charge on any atom is -0.339 e. The van der Waals surface area contributed by atoms with E-state index in [4.69, 9.17) is 4.84 Å². The summed E-state index contributed by atoms with van der Waals surface area (Å²) in [7, 11) is 0. The molecule has 108 valence electrons. The summed E-state index contributed by atoms with van der Waals surface area (Å²) in [4.78, 5) is 31.1. The Kier molecular flexibility index (Phi) is 4.13. The zero-order valence-corrected chi connectivity index (χ0v) is 12.1. The molecule has 2 fully saturated rings. The van der Waals surface area contributed by atoms with Crippen molar-refractivity contribution in [3.05, 3.63) is 0 Å². The molecule has 2 rings (SSSR count). The van der Waals surface area contributed by atoms with Crippen molar-refractivity contribution in [1.82, 2.24) is 10.4 Å². The zero-order valence-electron chi connectivity index (χ0n) is 12.1. The van der Waals surface area contributed by atoms with Crippen LogP contribution in [0.5, 0.6) is 0 Å². The minimum absolute atomic E-state index is 0.114. The highest BCUT2D eigenvalue weighted by Crippen LogP contribution is 2.29. The molecular formula is C14H24N2O3. The van der Waals surface area contributed by atoms with Gasteiger partial charge in [0.05, 0.1) is 11.5 Å². The van der Waals surface area contributed by atoms with E-state index in [0.29, 0.717) is 19.0 Å². The first-order valence-corrected chi connectivity index (χ1v) is 7.14. The zero-order chi connectivity index (χ0) is 14.0. The Bertz CT molecular complexity index is 356. The highest BCUT2D eigenvalue weighted by molar-refractivity contribution is 5.89. The van der Waals surface area contributed by atoms with Gasteiger partial charge >= 0.3 is 0 Å². The molecular weight excluding hydrogens is 244 g/mol. The van der Waals surface area contributed by atoms with Gasteiger partial charge in [-0.05, 0) is 33.6 Å². The molecule has 19 heavy (non-hydrogen) atoms. The standard InChI is InChI=1S/C14H24N2O3/c1-14(2,3)19-15-13(18)10-8-12(17)16(9-10)11-6-4-5-7-11/h10-11H,4-9H2,1-3H3,(H,15,18). The molecule has 1 aliphatic carbocycles. The van der Waals surface area contributed by atoms with Crippen LogP contribution >= 0.6 is 0 Å². The number of carbonyl (C=O) groups excluding carboxylic acids is 2. The number of nitrogens with zero attached hydrogens (tertiary/aromatic N) is 1. The van der Waals surface area contributed by atoms with Gasteiger partial charge in [-0.3, -0.25) is 14.4 Å². The third-order valence-corrected chi connectivity index (χ3v) is 3.75. The number of hydrogen-bond donors (Lipinski definition) is 1. The van der Waals surface area contributed by atoms with Crippen LogP contribution in [0.25, 0.3) is 0 Å². The fraction of sp³-hybridized carbons (Fsp3) is 0.857. The first-order valence-electron chi connectivity index (χ1n) is 7.14. The number of rotatable bonds is 3. The van der Waals surface area contributed by atoms with Crippen molar-refractivity contribution in [2.45, 2.75) is 64.5 Å². The summed E-state index contributed by atoms with van der Waals surface area (Å²) < 4.78 is 0. The second kappa shape index (κ2) is 5.49. The van der Waals surface area contributed by atoms with Crippen LogP contribution in [-0.4, -0.2) is 34.9 Å². The Labute approximate surface area is 114 Å². The topological polar surface area (TPSA) is 58.6 Å². The summed E-state index contributed by atoms with van der Waals surface area (Å²) >= 11 is 0. The van der Waals surface area contributed by atoms with Gasteiger partial charge in [-0.25, -0.2) is 5.48 Å². The predicted octanol–water partition coefficient (Wildman–Crippen LogP) is 1.62. The summed E-state index contributed by atoms with van der Waals surface area (Å²) in [5, 5.41) is 0. The van der Waals surface area contributed by atoms with Crippen molar-refractivity contribution < 1.29 is 14.4 Å². The van der Waals surface area contributed by atoms with Gasteiger partial charge in [-0.1, -0.05) is 12.8 Å². The van der Waals surface area contributed by atoms with Crippen LogP contribution in [-0.2, 0) is 14.4 Å². The molecule has 0 radical (unpaired) electrons. The van der Waals surface area contributed by atoms with Gasteiger partial charge in [0, 0.05) is 19.0 Å². The summed E-state index contributed by atoms with van der Waals surface area (Å²) in [6.45, 7) is 6.16. The van der Waals surface area contributed by atoms with Crippen LogP contribution in [0.2, 0.25) is 0 Å². The first kappa shape index (κ1) is 14.3. The van der Waals surface area contributed by atoms with Gasteiger partial charge in [-0.2, -0.15) is 0 Å². The molecule has 1 N–H and O–H groups in total. The molecule has 1 unspecified atom stereocenters. The van der Waals surface area contributed by atoms with Crippen LogP contribution < -0.4 is 5.48 Å². The van der Waals surface area contributed by atoms with Crippen LogP contribution in [0.15, 0.2) is 0 Å². The lowest BCUT2D eigenvalue weighted by atomic mass is 10.1. The average molecular weight is 268 g/mol. The highest BCUT2D eigenvalue weighted by Gasteiger charge is 2.38. The molecule has 0 spiro atoms. The molecule has 1 saturated carbocycles. The summed E-state index contributed by atoms with van der Waals surface area (Å²) in [5.74, 6) is -0.331. The largest absolute Gasteiger partial charge is 0.339 e. The van der Waals surface area contributed by atoms with E-state index in [2.05, 4.69) is 5.48 Å². The Hall–Kier alpha value is -1.10. The van der Waals surface area contributed by atoms with E-state index in [1.165, 1.54) is 12.8 Å². The minimum atomic E-state index is -0.413. The van der Waals surface area contributed by atoms with E-state index in [0.717, 1.165) is 12.8 Å². The highest BCUT2D eigenvalue weighted by atomic mass is 16.7. The predicted molar refractivity (Wildman–Crippen MR) is 71.1 cm³/mol. The lowest BCUT2D eigenvalue weighted by molar-refractivity contribution is -0.149. The SMILES string of the molecule is CC(C)(C)ONC(=O)C1CC(=O)N(C2CCCC2)C1. The molecule has 1 saturated heterocycles. The molecule has 1 heterocycles. The van der Waals surface area contributed by atoms with Crippen LogP contribution in [0.3, 0.4) is 0 Å². The maximum Gasteiger partial charge on any atom is 0.248 e. The van der Waals surface area contributed by atoms with Gasteiger partial charge in [0.25, 0.3) is 0 Å². The summed E-state index contributed by atoms with van der Waals surface area (Å²) in [6.07, 6.45) is 4.86. The number of nitrogens with one attached hydrogen (secondary N) is 1. The van der Waals surface area contributed by atoms with Gasteiger partial charge in [0.2, 0.25) is 11.8 Å². The normalized spacial score (nSPS) is 25.1. The third-order valence-electron chi connectivity index (χ3n) is 3.75. The van der Waals surface area contributed by atoms with Crippen molar-refractivity contribution in [3.8, 4) is 0 Å². The molecule has 0 aromatic carbocycles. The number of hydroxylamine groups is 1. The number of hydrogen-bond acceptors (Lipinski definition) is 3. The molecule has 1 aliphatic heterocycles. The summed E-state index contributed by atoms with van der Waals surface area (Å²) in [5.41, 5.74) is 2.07. The van der Waals surface area contributed by atoms with Crippen LogP contribution in [0.1, 0.15) is 52.9 Å². The first-order chi connectivity index (χ1) is 8.87.